The fourth-order valence-corrected chi connectivity index (χ4v) is 3.07. The quantitative estimate of drug-likeness (QED) is 0.803. The SMILES string of the molecule is N#Cc1ccccc1OCC(=O)N1CCN(CCc2ccccc2)CC1. The molecule has 0 radical (unpaired) electrons. The first-order chi connectivity index (χ1) is 12.8. The summed E-state index contributed by atoms with van der Waals surface area (Å²) in [5, 5.41) is 9.06. The van der Waals surface area contributed by atoms with E-state index in [0.29, 0.717) is 11.3 Å². The molecule has 0 aromatic heterocycles. The Balaban J connectivity index is 1.41. The maximum atomic E-state index is 12.4. The lowest BCUT2D eigenvalue weighted by Gasteiger charge is -2.34. The molecule has 0 N–H and O–H groups in total. The average molecular weight is 349 g/mol. The monoisotopic (exact) mass is 349 g/mol. The van der Waals surface area contributed by atoms with Crippen molar-refractivity contribution in [2.24, 2.45) is 0 Å². The predicted molar refractivity (Wildman–Crippen MR) is 99.8 cm³/mol. The van der Waals surface area contributed by atoms with Crippen molar-refractivity contribution in [1.82, 2.24) is 9.80 Å². The van der Waals surface area contributed by atoms with E-state index in [0.717, 1.165) is 39.1 Å². The highest BCUT2D eigenvalue weighted by molar-refractivity contribution is 5.78. The fourth-order valence-electron chi connectivity index (χ4n) is 3.07. The van der Waals surface area contributed by atoms with E-state index >= 15 is 0 Å². The molecule has 2 aromatic carbocycles. The number of hydrogen-bond acceptors (Lipinski definition) is 4. The summed E-state index contributed by atoms with van der Waals surface area (Å²) in [6, 6.07) is 19.5. The molecule has 1 aliphatic heterocycles. The van der Waals surface area contributed by atoms with Crippen LogP contribution in [0.2, 0.25) is 0 Å². The van der Waals surface area contributed by atoms with Crippen LogP contribution in [-0.4, -0.2) is 55.0 Å². The molecule has 3 rings (SSSR count). The Labute approximate surface area is 154 Å². The molecule has 5 nitrogen and oxygen atoms in total. The number of para-hydroxylation sites is 1. The minimum Gasteiger partial charge on any atom is -0.482 e. The Hall–Kier alpha value is -2.84. The van der Waals surface area contributed by atoms with Crippen molar-refractivity contribution in [3.05, 3.63) is 65.7 Å². The summed E-state index contributed by atoms with van der Waals surface area (Å²) in [6.45, 7) is 4.19. The number of hydrogen-bond donors (Lipinski definition) is 0. The zero-order valence-electron chi connectivity index (χ0n) is 14.8. The summed E-state index contributed by atoms with van der Waals surface area (Å²) in [6.07, 6.45) is 1.03. The minimum absolute atomic E-state index is 0.0251. The Morgan fingerprint density at radius 1 is 1.00 bits per heavy atom. The van der Waals surface area contributed by atoms with Gasteiger partial charge in [0.25, 0.3) is 5.91 Å². The number of ether oxygens (including phenoxy) is 1. The molecule has 0 bridgehead atoms. The summed E-state index contributed by atoms with van der Waals surface area (Å²) in [5.74, 6) is 0.435. The van der Waals surface area contributed by atoms with Gasteiger partial charge in [0.1, 0.15) is 11.8 Å². The van der Waals surface area contributed by atoms with Gasteiger partial charge in [0.2, 0.25) is 0 Å². The third-order valence-electron chi connectivity index (χ3n) is 4.64. The first-order valence-corrected chi connectivity index (χ1v) is 8.92. The third kappa shape index (κ3) is 4.84. The molecule has 0 unspecified atom stereocenters. The van der Waals surface area contributed by atoms with Crippen LogP contribution < -0.4 is 4.74 Å². The minimum atomic E-state index is -0.0274. The van der Waals surface area contributed by atoms with Crippen LogP contribution in [0.3, 0.4) is 0 Å². The van der Waals surface area contributed by atoms with E-state index in [1.54, 1.807) is 24.3 Å². The molecule has 0 saturated carbocycles. The smallest absolute Gasteiger partial charge is 0.260 e. The second-order valence-corrected chi connectivity index (χ2v) is 6.35. The van der Waals surface area contributed by atoms with E-state index in [1.165, 1.54) is 5.56 Å². The van der Waals surface area contributed by atoms with Crippen LogP contribution >= 0.6 is 0 Å². The van der Waals surface area contributed by atoms with Gasteiger partial charge in [0.05, 0.1) is 5.56 Å². The molecule has 5 heteroatoms. The van der Waals surface area contributed by atoms with E-state index in [-0.39, 0.29) is 12.5 Å². The van der Waals surface area contributed by atoms with Gasteiger partial charge < -0.3 is 9.64 Å². The largest absolute Gasteiger partial charge is 0.482 e. The van der Waals surface area contributed by atoms with Crippen molar-refractivity contribution in [3.8, 4) is 11.8 Å². The number of carbonyl (C=O) groups excluding carboxylic acids is 1. The predicted octanol–water partition coefficient (Wildman–Crippen LogP) is 2.32. The molecular formula is C21H23N3O2. The van der Waals surface area contributed by atoms with E-state index in [1.807, 2.05) is 11.0 Å². The standard InChI is InChI=1S/C21H23N3O2/c22-16-19-8-4-5-9-20(19)26-17-21(25)24-14-12-23(13-15-24)11-10-18-6-2-1-3-7-18/h1-9H,10-15,17H2. The first-order valence-electron chi connectivity index (χ1n) is 8.92. The Morgan fingerprint density at radius 2 is 1.69 bits per heavy atom. The highest BCUT2D eigenvalue weighted by Gasteiger charge is 2.21. The van der Waals surface area contributed by atoms with Gasteiger partial charge in [-0.2, -0.15) is 5.26 Å². The number of amides is 1. The maximum absolute atomic E-state index is 12.4. The number of nitriles is 1. The van der Waals surface area contributed by atoms with Crippen LogP contribution in [0.25, 0.3) is 0 Å². The van der Waals surface area contributed by atoms with Gasteiger partial charge in [-0.3, -0.25) is 9.69 Å². The highest BCUT2D eigenvalue weighted by atomic mass is 16.5. The fraction of sp³-hybridized carbons (Fsp3) is 0.333. The van der Waals surface area contributed by atoms with Crippen LogP contribution in [0.1, 0.15) is 11.1 Å². The van der Waals surface area contributed by atoms with Crippen LogP contribution in [0.15, 0.2) is 54.6 Å². The van der Waals surface area contributed by atoms with Crippen molar-refractivity contribution in [2.75, 3.05) is 39.3 Å². The first kappa shape index (κ1) is 18.0. The Kier molecular flexibility index (Phi) is 6.24. The van der Waals surface area contributed by atoms with Gasteiger partial charge in [-0.05, 0) is 24.1 Å². The summed E-state index contributed by atoms with van der Waals surface area (Å²) in [5.41, 5.74) is 1.79. The van der Waals surface area contributed by atoms with Crippen LogP contribution in [0.5, 0.6) is 5.75 Å². The van der Waals surface area contributed by atoms with Crippen molar-refractivity contribution in [2.45, 2.75) is 6.42 Å². The van der Waals surface area contributed by atoms with Gasteiger partial charge in [-0.1, -0.05) is 42.5 Å². The molecule has 1 heterocycles. The normalized spacial score (nSPS) is 14.7. The van der Waals surface area contributed by atoms with Gasteiger partial charge in [-0.25, -0.2) is 0 Å². The van der Waals surface area contributed by atoms with E-state index in [9.17, 15) is 4.79 Å². The van der Waals surface area contributed by atoms with E-state index in [2.05, 4.69) is 35.2 Å². The summed E-state index contributed by atoms with van der Waals surface area (Å²) >= 11 is 0. The van der Waals surface area contributed by atoms with Crippen molar-refractivity contribution >= 4 is 5.91 Å². The average Bonchev–Trinajstić information content (AvgIpc) is 2.72. The van der Waals surface area contributed by atoms with E-state index in [4.69, 9.17) is 10.00 Å². The van der Waals surface area contributed by atoms with Crippen molar-refractivity contribution < 1.29 is 9.53 Å². The second kappa shape index (κ2) is 9.02. The van der Waals surface area contributed by atoms with Crippen molar-refractivity contribution in [3.63, 3.8) is 0 Å². The number of carbonyl (C=O) groups is 1. The molecule has 1 fully saturated rings. The number of nitrogens with zero attached hydrogens (tertiary/aromatic N) is 3. The lowest BCUT2D eigenvalue weighted by Crippen LogP contribution is -2.50. The molecule has 0 atom stereocenters. The molecule has 1 aliphatic rings. The highest BCUT2D eigenvalue weighted by Crippen LogP contribution is 2.16. The Bertz CT molecular complexity index is 762. The molecule has 1 amide bonds. The zero-order valence-corrected chi connectivity index (χ0v) is 14.8. The van der Waals surface area contributed by atoms with Gasteiger partial charge >= 0.3 is 0 Å². The number of rotatable bonds is 6. The third-order valence-corrected chi connectivity index (χ3v) is 4.64. The van der Waals surface area contributed by atoms with Gasteiger partial charge in [0, 0.05) is 32.7 Å². The molecule has 26 heavy (non-hydrogen) atoms. The number of benzene rings is 2. The summed E-state index contributed by atoms with van der Waals surface area (Å²) < 4.78 is 5.55. The van der Waals surface area contributed by atoms with Crippen LogP contribution in [0, 0.1) is 11.3 Å². The van der Waals surface area contributed by atoms with Crippen LogP contribution in [-0.2, 0) is 11.2 Å². The molecule has 0 aliphatic carbocycles. The molecule has 0 spiro atoms. The molecule has 1 saturated heterocycles. The Morgan fingerprint density at radius 3 is 2.42 bits per heavy atom. The second-order valence-electron chi connectivity index (χ2n) is 6.35. The summed E-state index contributed by atoms with van der Waals surface area (Å²) in [7, 11) is 0. The molecule has 2 aromatic rings. The zero-order chi connectivity index (χ0) is 18.2. The number of piperazine rings is 1. The summed E-state index contributed by atoms with van der Waals surface area (Å²) in [4.78, 5) is 16.6. The van der Waals surface area contributed by atoms with Gasteiger partial charge in [0.15, 0.2) is 6.61 Å². The molecular weight excluding hydrogens is 326 g/mol. The topological polar surface area (TPSA) is 56.6 Å². The van der Waals surface area contributed by atoms with Crippen molar-refractivity contribution in [1.29, 1.82) is 5.26 Å². The lowest BCUT2D eigenvalue weighted by atomic mass is 10.1. The maximum Gasteiger partial charge on any atom is 0.260 e. The van der Waals surface area contributed by atoms with E-state index < -0.39 is 0 Å². The van der Waals surface area contributed by atoms with Gasteiger partial charge in [-0.15, -0.1) is 0 Å². The van der Waals surface area contributed by atoms with Crippen LogP contribution in [0.4, 0.5) is 0 Å². The lowest BCUT2D eigenvalue weighted by molar-refractivity contribution is -0.135. The molecule has 134 valence electrons.